The second-order valence-electron chi connectivity index (χ2n) is 6.98. The van der Waals surface area contributed by atoms with E-state index in [0.29, 0.717) is 6.04 Å². The van der Waals surface area contributed by atoms with Gasteiger partial charge in [-0.2, -0.15) is 0 Å². The maximum atomic E-state index is 3.80. The van der Waals surface area contributed by atoms with Crippen LogP contribution in [-0.2, 0) is 0 Å². The molecule has 4 atom stereocenters. The third kappa shape index (κ3) is 3.56. The molecule has 0 spiro atoms. The molecule has 3 heteroatoms. The number of fused-ring (bicyclic) bond motifs is 1. The highest BCUT2D eigenvalue weighted by Gasteiger charge is 2.36. The molecule has 2 aliphatic carbocycles. The van der Waals surface area contributed by atoms with Gasteiger partial charge in [0.2, 0.25) is 0 Å². The summed E-state index contributed by atoms with van der Waals surface area (Å²) in [5, 5.41) is 3.80. The second kappa shape index (κ2) is 7.14. The summed E-state index contributed by atoms with van der Waals surface area (Å²) in [6.07, 6.45) is 10.3. The van der Waals surface area contributed by atoms with Gasteiger partial charge in [0.15, 0.2) is 0 Å². The minimum atomic E-state index is 0.570. The zero-order valence-electron chi connectivity index (χ0n) is 13.3. The van der Waals surface area contributed by atoms with Gasteiger partial charge in [-0.25, -0.2) is 0 Å². The molecule has 1 N–H and O–H groups in total. The Labute approximate surface area is 142 Å². The zero-order chi connectivity index (χ0) is 14.8. The van der Waals surface area contributed by atoms with Crippen LogP contribution in [0.1, 0.15) is 68.4 Å². The predicted octanol–water partition coefficient (Wildman–Crippen LogP) is 6.08. The Hall–Kier alpha value is 0.140. The Morgan fingerprint density at radius 2 is 2.00 bits per heavy atom. The number of hydrogen-bond donors (Lipinski definition) is 1. The van der Waals surface area contributed by atoms with Gasteiger partial charge >= 0.3 is 0 Å². The van der Waals surface area contributed by atoms with Gasteiger partial charge < -0.3 is 5.32 Å². The molecule has 2 aliphatic rings. The predicted molar refractivity (Wildman–Crippen MR) is 96.0 cm³/mol. The van der Waals surface area contributed by atoms with Gasteiger partial charge in [0, 0.05) is 10.9 Å². The molecule has 21 heavy (non-hydrogen) atoms. The van der Waals surface area contributed by atoms with Crippen LogP contribution in [0, 0.1) is 24.7 Å². The Kier molecular flexibility index (Phi) is 5.45. The molecule has 0 radical (unpaired) electrons. The van der Waals surface area contributed by atoms with E-state index in [-0.39, 0.29) is 0 Å². The fourth-order valence-electron chi connectivity index (χ4n) is 4.73. The molecule has 0 bridgehead atoms. The van der Waals surface area contributed by atoms with Gasteiger partial charge in [0.25, 0.3) is 0 Å². The van der Waals surface area contributed by atoms with Crippen LogP contribution in [0.2, 0.25) is 0 Å². The van der Waals surface area contributed by atoms with Crippen molar-refractivity contribution in [2.24, 2.45) is 17.8 Å². The molecule has 1 aromatic rings. The summed E-state index contributed by atoms with van der Waals surface area (Å²) in [7, 11) is 0. The second-order valence-corrected chi connectivity index (χ2v) is 9.61. The molecule has 1 aromatic heterocycles. The van der Waals surface area contributed by atoms with Crippen LogP contribution in [0.25, 0.3) is 0 Å². The average Bonchev–Trinajstić information content (AvgIpc) is 2.83. The minimum Gasteiger partial charge on any atom is -0.310 e. The zero-order valence-corrected chi connectivity index (χ0v) is 15.7. The molecule has 0 aromatic carbocycles. The van der Waals surface area contributed by atoms with E-state index in [1.807, 2.05) is 11.3 Å². The monoisotopic (exact) mass is 369 g/mol. The summed E-state index contributed by atoms with van der Waals surface area (Å²) < 4.78 is 1.28. The number of rotatable bonds is 4. The maximum absolute atomic E-state index is 3.80. The smallest absolute Gasteiger partial charge is 0.0704 e. The summed E-state index contributed by atoms with van der Waals surface area (Å²) in [4.78, 5) is 1.48. The standard InChI is InChI=1S/C18H28BrNS/c1-3-20-18(16-11-17(19)21-12(16)2)15-9-8-13-6-4-5-7-14(13)10-15/h11,13-15,18,20H,3-10H2,1-2H3. The fraction of sp³-hybridized carbons (Fsp3) is 0.778. The Bertz CT molecular complexity index is 470. The first-order valence-corrected chi connectivity index (χ1v) is 10.3. The number of hydrogen-bond acceptors (Lipinski definition) is 2. The first-order chi connectivity index (χ1) is 10.2. The molecule has 2 fully saturated rings. The molecule has 3 rings (SSSR count). The van der Waals surface area contributed by atoms with Crippen molar-refractivity contribution in [3.63, 3.8) is 0 Å². The number of nitrogens with one attached hydrogen (secondary N) is 1. The minimum absolute atomic E-state index is 0.570. The van der Waals surface area contributed by atoms with Crippen LogP contribution >= 0.6 is 27.3 Å². The molecule has 1 heterocycles. The van der Waals surface area contributed by atoms with Crippen molar-refractivity contribution in [2.45, 2.75) is 64.8 Å². The van der Waals surface area contributed by atoms with Gasteiger partial charge in [0.05, 0.1) is 3.79 Å². The molecule has 0 amide bonds. The van der Waals surface area contributed by atoms with Crippen molar-refractivity contribution >= 4 is 27.3 Å². The van der Waals surface area contributed by atoms with E-state index < -0.39 is 0 Å². The van der Waals surface area contributed by atoms with E-state index in [9.17, 15) is 0 Å². The van der Waals surface area contributed by atoms with Crippen LogP contribution in [0.4, 0.5) is 0 Å². The van der Waals surface area contributed by atoms with E-state index in [0.717, 1.165) is 24.3 Å². The van der Waals surface area contributed by atoms with Crippen molar-refractivity contribution in [1.82, 2.24) is 5.32 Å². The van der Waals surface area contributed by atoms with Gasteiger partial charge in [-0.3, -0.25) is 0 Å². The van der Waals surface area contributed by atoms with E-state index in [1.54, 1.807) is 5.56 Å². The summed E-state index contributed by atoms with van der Waals surface area (Å²) in [6, 6.07) is 2.93. The lowest BCUT2D eigenvalue weighted by Crippen LogP contribution is -2.35. The van der Waals surface area contributed by atoms with Gasteiger partial charge in [-0.1, -0.05) is 32.6 Å². The molecule has 118 valence electrons. The van der Waals surface area contributed by atoms with Crippen LogP contribution in [-0.4, -0.2) is 6.54 Å². The Morgan fingerprint density at radius 3 is 2.67 bits per heavy atom. The molecule has 0 aliphatic heterocycles. The topological polar surface area (TPSA) is 12.0 Å². The first-order valence-electron chi connectivity index (χ1n) is 8.68. The Balaban J connectivity index is 1.76. The highest BCUT2D eigenvalue weighted by molar-refractivity contribution is 9.11. The van der Waals surface area contributed by atoms with Crippen molar-refractivity contribution in [3.8, 4) is 0 Å². The van der Waals surface area contributed by atoms with Gasteiger partial charge in [-0.15, -0.1) is 11.3 Å². The normalized spacial score (nSPS) is 30.9. The summed E-state index contributed by atoms with van der Waals surface area (Å²) >= 11 is 5.56. The van der Waals surface area contributed by atoms with Crippen LogP contribution in [0.15, 0.2) is 9.85 Å². The van der Waals surface area contributed by atoms with E-state index >= 15 is 0 Å². The van der Waals surface area contributed by atoms with E-state index in [2.05, 4.69) is 41.2 Å². The molecular weight excluding hydrogens is 342 g/mol. The third-order valence-electron chi connectivity index (χ3n) is 5.74. The van der Waals surface area contributed by atoms with Crippen LogP contribution in [0.5, 0.6) is 0 Å². The van der Waals surface area contributed by atoms with Gasteiger partial charge in [-0.05, 0) is 78.0 Å². The van der Waals surface area contributed by atoms with Crippen molar-refractivity contribution < 1.29 is 0 Å². The Morgan fingerprint density at radius 1 is 1.24 bits per heavy atom. The molecule has 2 saturated carbocycles. The first kappa shape index (κ1) is 16.0. The lowest BCUT2D eigenvalue weighted by atomic mass is 9.65. The summed E-state index contributed by atoms with van der Waals surface area (Å²) in [6.45, 7) is 5.60. The van der Waals surface area contributed by atoms with Crippen molar-refractivity contribution in [3.05, 3.63) is 20.3 Å². The lowest BCUT2D eigenvalue weighted by Gasteiger charge is -2.42. The fourth-order valence-corrected chi connectivity index (χ4v) is 6.49. The summed E-state index contributed by atoms with van der Waals surface area (Å²) in [5.74, 6) is 2.90. The highest BCUT2D eigenvalue weighted by atomic mass is 79.9. The van der Waals surface area contributed by atoms with Crippen LogP contribution < -0.4 is 5.32 Å². The van der Waals surface area contributed by atoms with Crippen molar-refractivity contribution in [2.75, 3.05) is 6.54 Å². The third-order valence-corrected chi connectivity index (χ3v) is 7.31. The quantitative estimate of drug-likeness (QED) is 0.678. The highest BCUT2D eigenvalue weighted by Crippen LogP contribution is 2.47. The van der Waals surface area contributed by atoms with E-state index in [4.69, 9.17) is 0 Å². The van der Waals surface area contributed by atoms with E-state index in [1.165, 1.54) is 53.6 Å². The maximum Gasteiger partial charge on any atom is 0.0704 e. The number of thiophene rings is 1. The van der Waals surface area contributed by atoms with Crippen molar-refractivity contribution in [1.29, 1.82) is 0 Å². The molecule has 4 unspecified atom stereocenters. The molecular formula is C18H28BrNS. The molecule has 1 nitrogen and oxygen atoms in total. The van der Waals surface area contributed by atoms with Gasteiger partial charge in [0.1, 0.15) is 0 Å². The summed E-state index contributed by atoms with van der Waals surface area (Å²) in [5.41, 5.74) is 1.55. The SMILES string of the molecule is CCNC(c1cc(Br)sc1C)C1CCC2CCCCC2C1. The van der Waals surface area contributed by atoms with Crippen LogP contribution in [0.3, 0.4) is 0 Å². The largest absolute Gasteiger partial charge is 0.310 e. The lowest BCUT2D eigenvalue weighted by molar-refractivity contribution is 0.110. The molecule has 0 saturated heterocycles. The number of aryl methyl sites for hydroxylation is 1. The average molecular weight is 370 g/mol. The number of halogens is 1.